The predicted octanol–water partition coefficient (Wildman–Crippen LogP) is 7.43. The Balaban J connectivity index is 1.64. The molecule has 0 N–H and O–H groups in total. The van der Waals surface area contributed by atoms with Gasteiger partial charge in [0, 0.05) is 22.3 Å². The number of hydrogen-bond donors (Lipinski definition) is 0. The van der Waals surface area contributed by atoms with Gasteiger partial charge in [-0.1, -0.05) is 122 Å². The number of fused-ring (bicyclic) bond motifs is 2. The van der Waals surface area contributed by atoms with Crippen molar-refractivity contribution in [3.8, 4) is 0 Å². The average Bonchev–Trinajstić information content (AvgIpc) is 2.85. The highest BCUT2D eigenvalue weighted by Crippen LogP contribution is 2.31. The van der Waals surface area contributed by atoms with Gasteiger partial charge in [-0.25, -0.2) is 9.98 Å². The first-order chi connectivity index (χ1) is 17.1. The van der Waals surface area contributed by atoms with E-state index in [0.717, 1.165) is 45.1 Å². The van der Waals surface area contributed by atoms with Crippen LogP contribution >= 0.6 is 0 Å². The molecule has 2 nitrogen and oxygen atoms in total. The molecule has 0 saturated heterocycles. The van der Waals surface area contributed by atoms with Crippen LogP contribution in [0.1, 0.15) is 22.3 Å². The van der Waals surface area contributed by atoms with Crippen molar-refractivity contribution >= 4 is 49.3 Å². The topological polar surface area (TPSA) is 24.7 Å². The van der Waals surface area contributed by atoms with E-state index in [1.807, 2.05) is 0 Å². The lowest BCUT2D eigenvalue weighted by Crippen LogP contribution is -2.37. The zero-order valence-corrected chi connectivity index (χ0v) is 24.1. The number of aliphatic imine (C=N–C) groups is 2. The summed E-state index contributed by atoms with van der Waals surface area (Å²) in [5, 5.41) is 2.90. The standard InChI is InChI=1S/C32H34N2Si2/c1-35(2,3)25-19-15-23(16-20-25)33-31-27-11-7-9-13-29(27)32(30-14-10-8-12-28(30)31)34-24-17-21-26(22-18-24)36(4,5)6/h7-22H,1-6H3. The van der Waals surface area contributed by atoms with E-state index < -0.39 is 16.1 Å². The minimum absolute atomic E-state index is 0.985. The fourth-order valence-electron chi connectivity index (χ4n) is 4.65. The summed E-state index contributed by atoms with van der Waals surface area (Å²) in [5.41, 5.74) is 8.50. The van der Waals surface area contributed by atoms with Gasteiger partial charge in [-0.05, 0) is 24.3 Å². The van der Waals surface area contributed by atoms with Crippen molar-refractivity contribution in [1.29, 1.82) is 0 Å². The smallest absolute Gasteiger partial charge is 0.0795 e. The number of rotatable bonds is 4. The second-order valence-corrected chi connectivity index (χ2v) is 21.8. The maximum Gasteiger partial charge on any atom is 0.0795 e. The highest BCUT2D eigenvalue weighted by atomic mass is 28.3. The Bertz CT molecular complexity index is 1300. The molecule has 5 rings (SSSR count). The van der Waals surface area contributed by atoms with Crippen molar-refractivity contribution in [1.82, 2.24) is 0 Å². The minimum atomic E-state index is -1.35. The third kappa shape index (κ3) is 4.84. The van der Waals surface area contributed by atoms with Crippen LogP contribution in [0.15, 0.2) is 107 Å². The molecule has 0 radical (unpaired) electrons. The summed E-state index contributed by atoms with van der Waals surface area (Å²) in [4.78, 5) is 10.4. The molecule has 0 fully saturated rings. The maximum absolute atomic E-state index is 5.19. The Morgan fingerprint density at radius 2 is 0.667 bits per heavy atom. The van der Waals surface area contributed by atoms with Crippen molar-refractivity contribution < 1.29 is 0 Å². The van der Waals surface area contributed by atoms with E-state index in [2.05, 4.69) is 136 Å². The van der Waals surface area contributed by atoms with Crippen LogP contribution in [0, 0.1) is 0 Å². The summed E-state index contributed by atoms with van der Waals surface area (Å²) in [6, 6.07) is 34.7. The van der Waals surface area contributed by atoms with Gasteiger partial charge in [0.15, 0.2) is 0 Å². The Morgan fingerprint density at radius 3 is 0.917 bits per heavy atom. The van der Waals surface area contributed by atoms with Gasteiger partial charge in [0.1, 0.15) is 0 Å². The number of nitrogens with zero attached hydrogens (tertiary/aromatic N) is 2. The number of hydrogen-bond acceptors (Lipinski definition) is 2. The first-order valence-electron chi connectivity index (χ1n) is 12.7. The lowest BCUT2D eigenvalue weighted by atomic mass is 9.83. The lowest BCUT2D eigenvalue weighted by molar-refractivity contribution is 1.40. The Morgan fingerprint density at radius 1 is 0.389 bits per heavy atom. The van der Waals surface area contributed by atoms with Crippen molar-refractivity contribution in [2.24, 2.45) is 9.98 Å². The SMILES string of the molecule is C[Si](C)(C)c1ccc(N=C2c3ccccc3C(=Nc3ccc([Si](C)(C)C)cc3)c3ccccc32)cc1. The summed E-state index contributed by atoms with van der Waals surface area (Å²) in [6.45, 7) is 14.3. The van der Waals surface area contributed by atoms with Gasteiger partial charge in [-0.3, -0.25) is 0 Å². The summed E-state index contributed by atoms with van der Waals surface area (Å²) >= 11 is 0. The molecule has 4 aromatic carbocycles. The van der Waals surface area contributed by atoms with Crippen molar-refractivity contribution in [3.63, 3.8) is 0 Å². The molecule has 180 valence electrons. The third-order valence-electron chi connectivity index (χ3n) is 6.82. The maximum atomic E-state index is 5.19. The van der Waals surface area contributed by atoms with Crippen LogP contribution in [0.5, 0.6) is 0 Å². The van der Waals surface area contributed by atoms with Gasteiger partial charge in [0.05, 0.1) is 38.9 Å². The fraction of sp³-hybridized carbons (Fsp3) is 0.188. The Hall–Kier alpha value is -3.35. The minimum Gasteiger partial charge on any atom is -0.248 e. The first-order valence-corrected chi connectivity index (χ1v) is 19.7. The van der Waals surface area contributed by atoms with Crippen LogP contribution in [-0.2, 0) is 0 Å². The van der Waals surface area contributed by atoms with Gasteiger partial charge in [-0.15, -0.1) is 0 Å². The molecule has 0 amide bonds. The van der Waals surface area contributed by atoms with Crippen LogP contribution in [0.25, 0.3) is 0 Å². The molecular formula is C32H34N2Si2. The summed E-state index contributed by atoms with van der Waals surface area (Å²) < 4.78 is 0. The van der Waals surface area contributed by atoms with Crippen LogP contribution in [0.2, 0.25) is 39.3 Å². The second kappa shape index (κ2) is 9.27. The van der Waals surface area contributed by atoms with E-state index in [4.69, 9.17) is 9.98 Å². The van der Waals surface area contributed by atoms with Gasteiger partial charge in [-0.2, -0.15) is 0 Å². The number of benzene rings is 4. The highest BCUT2D eigenvalue weighted by Gasteiger charge is 2.26. The van der Waals surface area contributed by atoms with Gasteiger partial charge in [0.2, 0.25) is 0 Å². The molecule has 0 bridgehead atoms. The normalized spacial score (nSPS) is 13.2. The zero-order chi connectivity index (χ0) is 25.5. The predicted molar refractivity (Wildman–Crippen MR) is 162 cm³/mol. The second-order valence-electron chi connectivity index (χ2n) is 11.6. The quantitative estimate of drug-likeness (QED) is 0.228. The van der Waals surface area contributed by atoms with E-state index in [-0.39, 0.29) is 0 Å². The monoisotopic (exact) mass is 502 g/mol. The molecule has 4 heteroatoms. The molecule has 0 unspecified atom stereocenters. The molecule has 1 aliphatic rings. The van der Waals surface area contributed by atoms with E-state index >= 15 is 0 Å². The van der Waals surface area contributed by atoms with Crippen LogP contribution in [-0.4, -0.2) is 27.6 Å². The van der Waals surface area contributed by atoms with Crippen LogP contribution < -0.4 is 10.4 Å². The summed E-state index contributed by atoms with van der Waals surface area (Å²) in [5.74, 6) is 0. The zero-order valence-electron chi connectivity index (χ0n) is 22.1. The Labute approximate surface area is 217 Å². The molecule has 0 aliphatic heterocycles. The largest absolute Gasteiger partial charge is 0.248 e. The molecule has 0 spiro atoms. The Kier molecular flexibility index (Phi) is 6.27. The molecule has 0 heterocycles. The lowest BCUT2D eigenvalue weighted by Gasteiger charge is -2.24. The summed E-state index contributed by atoms with van der Waals surface area (Å²) in [7, 11) is -2.69. The van der Waals surface area contributed by atoms with Gasteiger partial charge in [0.25, 0.3) is 0 Å². The summed E-state index contributed by atoms with van der Waals surface area (Å²) in [6.07, 6.45) is 0. The first kappa shape index (κ1) is 24.4. The molecule has 36 heavy (non-hydrogen) atoms. The highest BCUT2D eigenvalue weighted by molar-refractivity contribution is 6.89. The van der Waals surface area contributed by atoms with Crippen molar-refractivity contribution in [3.05, 3.63) is 119 Å². The van der Waals surface area contributed by atoms with Crippen molar-refractivity contribution in [2.45, 2.75) is 39.3 Å². The van der Waals surface area contributed by atoms with E-state index in [1.54, 1.807) is 0 Å². The molecule has 4 aromatic rings. The molecule has 0 aromatic heterocycles. The van der Waals surface area contributed by atoms with Gasteiger partial charge < -0.3 is 0 Å². The van der Waals surface area contributed by atoms with Crippen LogP contribution in [0.3, 0.4) is 0 Å². The fourth-order valence-corrected chi connectivity index (χ4v) is 6.99. The molecule has 0 atom stereocenters. The van der Waals surface area contributed by atoms with Crippen molar-refractivity contribution in [2.75, 3.05) is 0 Å². The van der Waals surface area contributed by atoms with E-state index in [0.29, 0.717) is 0 Å². The molecule has 0 saturated carbocycles. The third-order valence-corrected chi connectivity index (χ3v) is 11.0. The average molecular weight is 503 g/mol. The molecule has 1 aliphatic carbocycles. The van der Waals surface area contributed by atoms with E-state index in [1.165, 1.54) is 10.4 Å². The van der Waals surface area contributed by atoms with E-state index in [9.17, 15) is 0 Å². The van der Waals surface area contributed by atoms with Crippen LogP contribution in [0.4, 0.5) is 11.4 Å². The molecular weight excluding hydrogens is 469 g/mol. The van der Waals surface area contributed by atoms with Gasteiger partial charge >= 0.3 is 0 Å².